The van der Waals surface area contributed by atoms with E-state index in [1.54, 1.807) is 24.7 Å². The molecule has 0 atom stereocenters. The Balaban J connectivity index is 2.23. The van der Waals surface area contributed by atoms with Crippen LogP contribution in [0.15, 0.2) is 53.8 Å². The van der Waals surface area contributed by atoms with Crippen LogP contribution in [0.25, 0.3) is 0 Å². The SMILES string of the molecule is Nc1ccncc1/N=C/c1ccccc1. The number of hydrogen-bond acceptors (Lipinski definition) is 3. The average Bonchev–Trinajstić information content (AvgIpc) is 2.29. The van der Waals surface area contributed by atoms with Gasteiger partial charge in [0, 0.05) is 12.4 Å². The fourth-order valence-electron chi connectivity index (χ4n) is 1.19. The quantitative estimate of drug-likeness (QED) is 0.751. The van der Waals surface area contributed by atoms with Crippen molar-refractivity contribution in [1.82, 2.24) is 4.98 Å². The summed E-state index contributed by atoms with van der Waals surface area (Å²) in [4.78, 5) is 8.23. The van der Waals surface area contributed by atoms with Crippen LogP contribution in [0.5, 0.6) is 0 Å². The summed E-state index contributed by atoms with van der Waals surface area (Å²) in [7, 11) is 0. The molecule has 3 heteroatoms. The summed E-state index contributed by atoms with van der Waals surface area (Å²) in [6.07, 6.45) is 5.07. The van der Waals surface area contributed by atoms with Gasteiger partial charge in [-0.2, -0.15) is 0 Å². The second-order valence-electron chi connectivity index (χ2n) is 3.10. The Morgan fingerprint density at radius 1 is 1.13 bits per heavy atom. The van der Waals surface area contributed by atoms with E-state index in [9.17, 15) is 0 Å². The summed E-state index contributed by atoms with van der Waals surface area (Å²) in [5.74, 6) is 0. The smallest absolute Gasteiger partial charge is 0.104 e. The number of pyridine rings is 1. The van der Waals surface area contributed by atoms with Crippen LogP contribution < -0.4 is 5.73 Å². The number of anilines is 1. The van der Waals surface area contributed by atoms with Gasteiger partial charge in [0.25, 0.3) is 0 Å². The lowest BCUT2D eigenvalue weighted by Crippen LogP contribution is -1.86. The van der Waals surface area contributed by atoms with Gasteiger partial charge in [0.1, 0.15) is 5.69 Å². The number of benzene rings is 1. The van der Waals surface area contributed by atoms with Crippen molar-refractivity contribution in [2.45, 2.75) is 0 Å². The van der Waals surface area contributed by atoms with Crippen molar-refractivity contribution in [3.63, 3.8) is 0 Å². The zero-order valence-corrected chi connectivity index (χ0v) is 8.17. The molecule has 1 aromatic carbocycles. The highest BCUT2D eigenvalue weighted by molar-refractivity contribution is 5.83. The molecule has 1 heterocycles. The molecule has 2 rings (SSSR count). The van der Waals surface area contributed by atoms with E-state index in [1.807, 2.05) is 30.3 Å². The van der Waals surface area contributed by atoms with Crippen LogP contribution in [0.1, 0.15) is 5.56 Å². The molecular formula is C12H11N3. The molecule has 2 N–H and O–H groups in total. The summed E-state index contributed by atoms with van der Waals surface area (Å²) >= 11 is 0. The van der Waals surface area contributed by atoms with E-state index in [1.165, 1.54) is 0 Å². The van der Waals surface area contributed by atoms with Gasteiger partial charge in [-0.1, -0.05) is 30.3 Å². The number of nitrogens with zero attached hydrogens (tertiary/aromatic N) is 2. The zero-order chi connectivity index (χ0) is 10.5. The molecule has 0 saturated heterocycles. The number of rotatable bonds is 2. The summed E-state index contributed by atoms with van der Waals surface area (Å²) in [6.45, 7) is 0. The molecular weight excluding hydrogens is 186 g/mol. The van der Waals surface area contributed by atoms with Crippen LogP contribution in [0.4, 0.5) is 11.4 Å². The van der Waals surface area contributed by atoms with Crippen molar-refractivity contribution < 1.29 is 0 Å². The zero-order valence-electron chi connectivity index (χ0n) is 8.17. The summed E-state index contributed by atoms with van der Waals surface area (Å²) < 4.78 is 0. The molecule has 0 saturated carbocycles. The largest absolute Gasteiger partial charge is 0.397 e. The summed E-state index contributed by atoms with van der Waals surface area (Å²) in [6, 6.07) is 11.6. The van der Waals surface area contributed by atoms with E-state index >= 15 is 0 Å². The minimum Gasteiger partial charge on any atom is -0.397 e. The predicted molar refractivity (Wildman–Crippen MR) is 62.3 cm³/mol. The van der Waals surface area contributed by atoms with Crippen molar-refractivity contribution in [1.29, 1.82) is 0 Å². The van der Waals surface area contributed by atoms with Crippen molar-refractivity contribution >= 4 is 17.6 Å². The fourth-order valence-corrected chi connectivity index (χ4v) is 1.19. The van der Waals surface area contributed by atoms with Crippen molar-refractivity contribution in [2.24, 2.45) is 4.99 Å². The summed E-state index contributed by atoms with van der Waals surface area (Å²) in [5, 5.41) is 0. The van der Waals surface area contributed by atoms with Crippen LogP contribution >= 0.6 is 0 Å². The topological polar surface area (TPSA) is 51.3 Å². The van der Waals surface area contributed by atoms with E-state index in [0.29, 0.717) is 11.4 Å². The van der Waals surface area contributed by atoms with E-state index in [2.05, 4.69) is 9.98 Å². The molecule has 3 nitrogen and oxygen atoms in total. The minimum atomic E-state index is 0.636. The summed E-state index contributed by atoms with van der Waals surface area (Å²) in [5.41, 5.74) is 8.11. The number of aliphatic imine (C=N–C) groups is 1. The fraction of sp³-hybridized carbons (Fsp3) is 0. The van der Waals surface area contributed by atoms with Gasteiger partial charge in [0.15, 0.2) is 0 Å². The Bertz CT molecular complexity index is 463. The highest BCUT2D eigenvalue weighted by Crippen LogP contribution is 2.18. The van der Waals surface area contributed by atoms with Crippen molar-refractivity contribution in [3.8, 4) is 0 Å². The van der Waals surface area contributed by atoms with Crippen LogP contribution in [-0.4, -0.2) is 11.2 Å². The van der Waals surface area contributed by atoms with Crippen molar-refractivity contribution in [3.05, 3.63) is 54.4 Å². The van der Waals surface area contributed by atoms with E-state index in [0.717, 1.165) is 5.56 Å². The molecule has 15 heavy (non-hydrogen) atoms. The Labute approximate surface area is 88.3 Å². The molecule has 0 aliphatic rings. The van der Waals surface area contributed by atoms with Crippen LogP contribution in [0.2, 0.25) is 0 Å². The first-order chi connectivity index (χ1) is 7.36. The third-order valence-electron chi connectivity index (χ3n) is 1.99. The van der Waals surface area contributed by atoms with E-state index in [4.69, 9.17) is 5.73 Å². The Morgan fingerprint density at radius 3 is 2.67 bits per heavy atom. The Morgan fingerprint density at radius 2 is 1.93 bits per heavy atom. The minimum absolute atomic E-state index is 0.636. The molecule has 0 spiro atoms. The lowest BCUT2D eigenvalue weighted by Gasteiger charge is -1.97. The Kier molecular flexibility index (Phi) is 2.74. The average molecular weight is 197 g/mol. The standard InChI is InChI=1S/C12H11N3/c13-11-6-7-14-9-12(11)15-8-10-4-2-1-3-5-10/h1-9H,(H2,13,14)/b15-8+. The van der Waals surface area contributed by atoms with Gasteiger partial charge in [-0.05, 0) is 11.6 Å². The van der Waals surface area contributed by atoms with E-state index in [-0.39, 0.29) is 0 Å². The maximum Gasteiger partial charge on any atom is 0.104 e. The molecule has 0 amide bonds. The highest BCUT2D eigenvalue weighted by atomic mass is 14.8. The molecule has 0 aliphatic heterocycles. The lowest BCUT2D eigenvalue weighted by molar-refractivity contribution is 1.31. The van der Waals surface area contributed by atoms with Gasteiger partial charge < -0.3 is 5.73 Å². The normalized spacial score (nSPS) is 10.7. The first-order valence-electron chi connectivity index (χ1n) is 4.65. The van der Waals surface area contributed by atoms with E-state index < -0.39 is 0 Å². The van der Waals surface area contributed by atoms with Crippen LogP contribution in [0.3, 0.4) is 0 Å². The Hall–Kier alpha value is -2.16. The van der Waals surface area contributed by atoms with Gasteiger partial charge in [0.2, 0.25) is 0 Å². The van der Waals surface area contributed by atoms with Gasteiger partial charge in [-0.15, -0.1) is 0 Å². The molecule has 1 aromatic heterocycles. The molecule has 0 unspecified atom stereocenters. The third-order valence-corrected chi connectivity index (χ3v) is 1.99. The third kappa shape index (κ3) is 2.40. The molecule has 0 fully saturated rings. The first kappa shape index (κ1) is 9.40. The number of aromatic nitrogens is 1. The highest BCUT2D eigenvalue weighted by Gasteiger charge is 1.93. The second-order valence-corrected chi connectivity index (χ2v) is 3.10. The van der Waals surface area contributed by atoms with Crippen molar-refractivity contribution in [2.75, 3.05) is 5.73 Å². The second kappa shape index (κ2) is 4.37. The lowest BCUT2D eigenvalue weighted by atomic mass is 10.2. The van der Waals surface area contributed by atoms with Crippen LogP contribution in [-0.2, 0) is 0 Å². The van der Waals surface area contributed by atoms with Crippen LogP contribution in [0, 0.1) is 0 Å². The predicted octanol–water partition coefficient (Wildman–Crippen LogP) is 2.41. The van der Waals surface area contributed by atoms with Gasteiger partial charge in [-0.25, -0.2) is 0 Å². The molecule has 0 bridgehead atoms. The maximum atomic E-state index is 5.73. The monoisotopic (exact) mass is 197 g/mol. The number of nitrogen functional groups attached to an aromatic ring is 1. The van der Waals surface area contributed by atoms with Gasteiger partial charge in [-0.3, -0.25) is 9.98 Å². The molecule has 74 valence electrons. The molecule has 0 aliphatic carbocycles. The number of hydrogen-bond donors (Lipinski definition) is 1. The van der Waals surface area contributed by atoms with Gasteiger partial charge >= 0.3 is 0 Å². The molecule has 0 radical (unpaired) electrons. The number of nitrogens with two attached hydrogens (primary N) is 1. The molecule has 2 aromatic rings. The van der Waals surface area contributed by atoms with Gasteiger partial charge in [0.05, 0.1) is 11.9 Å². The maximum absolute atomic E-state index is 5.73. The first-order valence-corrected chi connectivity index (χ1v) is 4.65.